The van der Waals surface area contributed by atoms with Crippen LogP contribution >= 0.6 is 0 Å². The highest BCUT2D eigenvalue weighted by Gasteiger charge is 2.44. The van der Waals surface area contributed by atoms with Crippen molar-refractivity contribution in [3.05, 3.63) is 0 Å². The van der Waals surface area contributed by atoms with Gasteiger partial charge in [0.1, 0.15) is 6.61 Å². The molecule has 0 aromatic rings. The summed E-state index contributed by atoms with van der Waals surface area (Å²) < 4.78 is 49.3. The van der Waals surface area contributed by atoms with E-state index in [0.29, 0.717) is 6.04 Å². The molecule has 0 aromatic heterocycles. The average molecular weight is 466 g/mol. The number of amides is 1. The molecular formula is C21H33F3N2O6. The van der Waals surface area contributed by atoms with Crippen LogP contribution in [0.25, 0.3) is 0 Å². The van der Waals surface area contributed by atoms with Crippen molar-refractivity contribution in [3.8, 4) is 0 Å². The summed E-state index contributed by atoms with van der Waals surface area (Å²) in [7, 11) is 0. The molecule has 0 unspecified atom stereocenters. The average Bonchev–Trinajstić information content (AvgIpc) is 3.43. The summed E-state index contributed by atoms with van der Waals surface area (Å²) in [5, 5.41) is 7.12. The molecule has 11 heteroatoms. The Morgan fingerprint density at radius 2 is 1.66 bits per heavy atom. The number of alkyl halides is 3. The van der Waals surface area contributed by atoms with Gasteiger partial charge >= 0.3 is 12.1 Å². The first-order valence-electron chi connectivity index (χ1n) is 11.4. The van der Waals surface area contributed by atoms with Crippen LogP contribution in [-0.4, -0.2) is 104 Å². The summed E-state index contributed by atoms with van der Waals surface area (Å²) in [4.78, 5) is 25.7. The summed E-state index contributed by atoms with van der Waals surface area (Å²) in [5.41, 5.74) is 0. The Morgan fingerprint density at radius 3 is 2.28 bits per heavy atom. The number of hydrogen-bond acceptors (Lipinski definition) is 6. The van der Waals surface area contributed by atoms with Gasteiger partial charge in [0.2, 0.25) is 5.91 Å². The lowest BCUT2D eigenvalue weighted by atomic mass is 9.98. The van der Waals surface area contributed by atoms with Crippen LogP contribution < -0.4 is 0 Å². The van der Waals surface area contributed by atoms with E-state index in [9.17, 15) is 18.0 Å². The van der Waals surface area contributed by atoms with E-state index in [1.54, 1.807) is 0 Å². The summed E-state index contributed by atoms with van der Waals surface area (Å²) >= 11 is 0. The number of carboxylic acid groups (broad SMARTS) is 1. The molecule has 0 radical (unpaired) electrons. The number of aliphatic carboxylic acids is 1. The summed E-state index contributed by atoms with van der Waals surface area (Å²) in [5.74, 6) is -1.85. The Labute approximate surface area is 185 Å². The van der Waals surface area contributed by atoms with Gasteiger partial charge in [-0.1, -0.05) is 0 Å². The molecule has 1 amide bonds. The van der Waals surface area contributed by atoms with Crippen LogP contribution in [0, 0.1) is 5.92 Å². The lowest BCUT2D eigenvalue weighted by Crippen LogP contribution is -2.53. The standard InChI is InChI=1S/C19H32N2O4.C2HF3O2/c22-18(20-7-1-2-8-20)14-25-17-4-3-16-19(17)24-12-9-21(16)13-15-5-10-23-11-6-15;3-2(4,5)1(6)7/h15-17,19H,1-14H2;(H,6,7)/t16-,17+,19+;/m0./s1. The third kappa shape index (κ3) is 7.03. The Bertz CT molecular complexity index is 623. The maximum atomic E-state index is 12.2. The Kier molecular flexibility index (Phi) is 9.15. The Balaban J connectivity index is 0.000000360. The van der Waals surface area contributed by atoms with E-state index in [-0.39, 0.29) is 24.7 Å². The van der Waals surface area contributed by atoms with E-state index in [0.717, 1.165) is 77.6 Å². The van der Waals surface area contributed by atoms with Gasteiger partial charge in [-0.3, -0.25) is 9.69 Å². The highest BCUT2D eigenvalue weighted by molar-refractivity contribution is 5.77. The van der Waals surface area contributed by atoms with Crippen molar-refractivity contribution in [1.29, 1.82) is 0 Å². The third-order valence-electron chi connectivity index (χ3n) is 6.61. The SMILES string of the molecule is O=C(CO[C@@H]1CC[C@H]2[C@H]1OCCN2CC1CCOCC1)N1CCCC1.O=C(O)C(F)(F)F. The molecular weight excluding hydrogens is 433 g/mol. The quantitative estimate of drug-likeness (QED) is 0.662. The van der Waals surface area contributed by atoms with Gasteiger partial charge in [0.15, 0.2) is 0 Å². The second-order valence-corrected chi connectivity index (χ2v) is 8.77. The summed E-state index contributed by atoms with van der Waals surface area (Å²) in [6, 6.07) is 0.462. The smallest absolute Gasteiger partial charge is 0.475 e. The molecule has 1 saturated carbocycles. The van der Waals surface area contributed by atoms with E-state index in [4.69, 9.17) is 24.1 Å². The van der Waals surface area contributed by atoms with Gasteiger partial charge in [0.05, 0.1) is 18.8 Å². The van der Waals surface area contributed by atoms with Crippen molar-refractivity contribution in [1.82, 2.24) is 9.80 Å². The zero-order valence-electron chi connectivity index (χ0n) is 18.2. The highest BCUT2D eigenvalue weighted by Crippen LogP contribution is 2.33. The number of fused-ring (bicyclic) bond motifs is 1. The molecule has 0 aromatic carbocycles. The van der Waals surface area contributed by atoms with Crippen molar-refractivity contribution >= 4 is 11.9 Å². The van der Waals surface area contributed by atoms with Crippen LogP contribution in [-0.2, 0) is 23.8 Å². The fourth-order valence-corrected chi connectivity index (χ4v) is 4.89. The predicted octanol–water partition coefficient (Wildman–Crippen LogP) is 1.92. The van der Waals surface area contributed by atoms with E-state index in [1.807, 2.05) is 4.90 Å². The number of hydrogen-bond donors (Lipinski definition) is 1. The number of nitrogens with zero attached hydrogens (tertiary/aromatic N) is 2. The summed E-state index contributed by atoms with van der Waals surface area (Å²) in [6.45, 7) is 6.80. The van der Waals surface area contributed by atoms with Crippen LogP contribution in [0.15, 0.2) is 0 Å². The number of carboxylic acids is 1. The number of carbonyl (C=O) groups excluding carboxylic acids is 1. The van der Waals surface area contributed by atoms with E-state index in [1.165, 1.54) is 12.8 Å². The van der Waals surface area contributed by atoms with Crippen molar-refractivity contribution in [2.75, 3.05) is 52.6 Å². The monoisotopic (exact) mass is 466 g/mol. The molecule has 1 aliphatic carbocycles. The minimum Gasteiger partial charge on any atom is -0.475 e. The minimum absolute atomic E-state index is 0.0778. The maximum Gasteiger partial charge on any atom is 0.490 e. The van der Waals surface area contributed by atoms with E-state index >= 15 is 0 Å². The molecule has 3 heterocycles. The molecule has 3 aliphatic heterocycles. The van der Waals surface area contributed by atoms with Gasteiger partial charge in [0.25, 0.3) is 0 Å². The molecule has 4 fully saturated rings. The fourth-order valence-electron chi connectivity index (χ4n) is 4.89. The number of halogens is 3. The van der Waals surface area contributed by atoms with Gasteiger partial charge in [-0.05, 0) is 44.4 Å². The molecule has 0 bridgehead atoms. The normalized spacial score (nSPS) is 29.3. The van der Waals surface area contributed by atoms with Crippen molar-refractivity contribution in [2.45, 2.75) is 63.0 Å². The van der Waals surface area contributed by atoms with Crippen molar-refractivity contribution < 1.29 is 42.1 Å². The van der Waals surface area contributed by atoms with Crippen LogP contribution in [0.1, 0.15) is 38.5 Å². The number of carbonyl (C=O) groups is 2. The summed E-state index contributed by atoms with van der Waals surface area (Å²) in [6.07, 6.45) is 1.88. The number of likely N-dealkylation sites (tertiary alicyclic amines) is 1. The van der Waals surface area contributed by atoms with E-state index in [2.05, 4.69) is 4.90 Å². The molecule has 4 rings (SSSR count). The first-order valence-corrected chi connectivity index (χ1v) is 11.4. The van der Waals surface area contributed by atoms with E-state index < -0.39 is 12.1 Å². The number of ether oxygens (including phenoxy) is 3. The lowest BCUT2D eigenvalue weighted by Gasteiger charge is -2.41. The second-order valence-electron chi connectivity index (χ2n) is 8.77. The fraction of sp³-hybridized carbons (Fsp3) is 0.905. The number of morpholine rings is 1. The first kappa shape index (κ1) is 25.2. The van der Waals surface area contributed by atoms with Crippen molar-refractivity contribution in [3.63, 3.8) is 0 Å². The van der Waals surface area contributed by atoms with Gasteiger partial charge in [0, 0.05) is 45.4 Å². The zero-order valence-corrected chi connectivity index (χ0v) is 18.2. The molecule has 32 heavy (non-hydrogen) atoms. The molecule has 3 atom stereocenters. The Hall–Kier alpha value is -1.43. The first-order chi connectivity index (χ1) is 15.3. The van der Waals surface area contributed by atoms with Gasteiger partial charge < -0.3 is 24.2 Å². The highest BCUT2D eigenvalue weighted by atomic mass is 19.4. The molecule has 0 spiro atoms. The maximum absolute atomic E-state index is 12.2. The molecule has 184 valence electrons. The largest absolute Gasteiger partial charge is 0.490 e. The van der Waals surface area contributed by atoms with Crippen LogP contribution in [0.5, 0.6) is 0 Å². The second kappa shape index (κ2) is 11.6. The third-order valence-corrected chi connectivity index (χ3v) is 6.61. The topological polar surface area (TPSA) is 88.5 Å². The molecule has 4 aliphatic rings. The zero-order chi connectivity index (χ0) is 23.1. The van der Waals surface area contributed by atoms with Crippen LogP contribution in [0.2, 0.25) is 0 Å². The van der Waals surface area contributed by atoms with Gasteiger partial charge in [-0.25, -0.2) is 4.79 Å². The minimum atomic E-state index is -5.08. The predicted molar refractivity (Wildman–Crippen MR) is 107 cm³/mol. The number of rotatable bonds is 5. The lowest BCUT2D eigenvalue weighted by molar-refractivity contribution is -0.192. The van der Waals surface area contributed by atoms with Gasteiger partial charge in [-0.2, -0.15) is 13.2 Å². The molecule has 3 saturated heterocycles. The molecule has 8 nitrogen and oxygen atoms in total. The van der Waals surface area contributed by atoms with Gasteiger partial charge in [-0.15, -0.1) is 0 Å². The van der Waals surface area contributed by atoms with Crippen LogP contribution in [0.3, 0.4) is 0 Å². The Morgan fingerprint density at radius 1 is 1.00 bits per heavy atom. The molecule has 1 N–H and O–H groups in total. The van der Waals surface area contributed by atoms with Crippen LogP contribution in [0.4, 0.5) is 13.2 Å². The van der Waals surface area contributed by atoms with Crippen molar-refractivity contribution in [2.24, 2.45) is 5.92 Å².